The second kappa shape index (κ2) is 5.14. The van der Waals surface area contributed by atoms with E-state index in [0.717, 1.165) is 15.8 Å². The van der Waals surface area contributed by atoms with Gasteiger partial charge in [-0.3, -0.25) is 4.79 Å². The number of hydrogen-bond acceptors (Lipinski definition) is 4. The first kappa shape index (κ1) is 13.5. The number of thiophene rings is 1. The number of nitrogen functional groups attached to an aromatic ring is 1. The molecule has 0 aliphatic carbocycles. The summed E-state index contributed by atoms with van der Waals surface area (Å²) in [6, 6.07) is 7.43. The van der Waals surface area contributed by atoms with Crippen LogP contribution < -0.4 is 11.1 Å². The van der Waals surface area contributed by atoms with Gasteiger partial charge < -0.3 is 11.1 Å². The fraction of sp³-hybridized carbons (Fsp3) is 0.0667. The summed E-state index contributed by atoms with van der Waals surface area (Å²) in [5, 5.41) is 3.52. The van der Waals surface area contributed by atoms with Crippen molar-refractivity contribution in [2.24, 2.45) is 0 Å². The molecule has 0 unspecified atom stereocenters. The number of nitrogens with zero attached hydrogens (tertiary/aromatic N) is 1. The van der Waals surface area contributed by atoms with Crippen LogP contribution in [0, 0.1) is 12.7 Å². The van der Waals surface area contributed by atoms with Gasteiger partial charge in [-0.05, 0) is 42.8 Å². The zero-order valence-corrected chi connectivity index (χ0v) is 12.0. The van der Waals surface area contributed by atoms with Crippen LogP contribution in [0.15, 0.2) is 36.5 Å². The average molecular weight is 301 g/mol. The Morgan fingerprint density at radius 2 is 2.00 bits per heavy atom. The summed E-state index contributed by atoms with van der Waals surface area (Å²) < 4.78 is 12.9. The Kier molecular flexibility index (Phi) is 3.31. The largest absolute Gasteiger partial charge is 0.397 e. The molecule has 6 heteroatoms. The van der Waals surface area contributed by atoms with Crippen molar-refractivity contribution in [1.29, 1.82) is 0 Å². The number of pyridine rings is 1. The van der Waals surface area contributed by atoms with Crippen LogP contribution in [0.3, 0.4) is 0 Å². The number of carbonyl (C=O) groups is 1. The van der Waals surface area contributed by atoms with Crippen molar-refractivity contribution in [3.05, 3.63) is 52.8 Å². The minimum atomic E-state index is -0.353. The summed E-state index contributed by atoms with van der Waals surface area (Å²) in [5.74, 6) is -0.671. The molecule has 0 saturated carbocycles. The van der Waals surface area contributed by atoms with E-state index in [1.54, 1.807) is 6.20 Å². The molecule has 3 rings (SSSR count). The van der Waals surface area contributed by atoms with Crippen LogP contribution in [0.1, 0.15) is 15.2 Å². The molecule has 0 fully saturated rings. The van der Waals surface area contributed by atoms with Gasteiger partial charge in [0.25, 0.3) is 5.91 Å². The molecule has 2 heterocycles. The van der Waals surface area contributed by atoms with E-state index in [1.807, 2.05) is 13.0 Å². The molecular formula is C15H12FN3OS. The maximum Gasteiger partial charge on any atom is 0.267 e. The van der Waals surface area contributed by atoms with Crippen molar-refractivity contribution in [3.8, 4) is 0 Å². The van der Waals surface area contributed by atoms with Crippen molar-refractivity contribution in [2.45, 2.75) is 6.92 Å². The van der Waals surface area contributed by atoms with E-state index in [2.05, 4.69) is 10.3 Å². The second-order valence-corrected chi connectivity index (χ2v) is 5.61. The normalized spacial score (nSPS) is 10.8. The van der Waals surface area contributed by atoms with Crippen molar-refractivity contribution in [3.63, 3.8) is 0 Å². The van der Waals surface area contributed by atoms with E-state index in [4.69, 9.17) is 5.73 Å². The highest BCUT2D eigenvalue weighted by molar-refractivity contribution is 7.21. The molecule has 106 valence electrons. The summed E-state index contributed by atoms with van der Waals surface area (Å²) in [4.78, 5) is 17.7. The molecule has 0 saturated heterocycles. The average Bonchev–Trinajstić information content (AvgIpc) is 2.80. The third kappa shape index (κ3) is 2.45. The van der Waals surface area contributed by atoms with Gasteiger partial charge in [0.1, 0.15) is 15.5 Å². The van der Waals surface area contributed by atoms with E-state index >= 15 is 0 Å². The van der Waals surface area contributed by atoms with Crippen LogP contribution in [0.2, 0.25) is 0 Å². The number of fused-ring (bicyclic) bond motifs is 1. The highest BCUT2D eigenvalue weighted by atomic mass is 32.1. The molecule has 0 aliphatic heterocycles. The number of amides is 1. The van der Waals surface area contributed by atoms with Gasteiger partial charge in [-0.15, -0.1) is 11.3 Å². The third-order valence-corrected chi connectivity index (χ3v) is 4.26. The maximum atomic E-state index is 12.9. The van der Waals surface area contributed by atoms with Gasteiger partial charge in [0.15, 0.2) is 0 Å². The standard InChI is InChI=1S/C15H12FN3OS/c1-8-6-7-18-15-11(8)12(17)13(21-15)14(20)19-10-4-2-9(16)3-5-10/h2-7H,17H2,1H3,(H,19,20). The number of benzene rings is 1. The molecule has 1 amide bonds. The van der Waals surface area contributed by atoms with E-state index < -0.39 is 0 Å². The molecule has 2 aromatic heterocycles. The molecule has 21 heavy (non-hydrogen) atoms. The first-order valence-corrected chi connectivity index (χ1v) is 7.08. The molecule has 0 aliphatic rings. The number of nitrogens with two attached hydrogens (primary N) is 1. The molecule has 1 aromatic carbocycles. The van der Waals surface area contributed by atoms with Crippen LogP contribution in [-0.4, -0.2) is 10.9 Å². The molecule has 0 spiro atoms. The number of aromatic nitrogens is 1. The van der Waals surface area contributed by atoms with Gasteiger partial charge >= 0.3 is 0 Å². The Labute approximate surface area is 124 Å². The summed E-state index contributed by atoms with van der Waals surface area (Å²) in [5.41, 5.74) is 8.00. The van der Waals surface area contributed by atoms with E-state index in [1.165, 1.54) is 35.6 Å². The Hall–Kier alpha value is -2.47. The number of rotatable bonds is 2. The Bertz CT molecular complexity index is 827. The molecule has 0 atom stereocenters. The van der Waals surface area contributed by atoms with Gasteiger partial charge in [-0.2, -0.15) is 0 Å². The van der Waals surface area contributed by atoms with Crippen LogP contribution in [0.5, 0.6) is 0 Å². The fourth-order valence-electron chi connectivity index (χ4n) is 2.09. The molecular weight excluding hydrogens is 289 g/mol. The quantitative estimate of drug-likeness (QED) is 0.760. The second-order valence-electron chi connectivity index (χ2n) is 4.61. The van der Waals surface area contributed by atoms with Gasteiger partial charge in [0, 0.05) is 17.3 Å². The topological polar surface area (TPSA) is 68.0 Å². The molecule has 0 radical (unpaired) electrons. The van der Waals surface area contributed by atoms with Crippen molar-refractivity contribution in [2.75, 3.05) is 11.1 Å². The highest BCUT2D eigenvalue weighted by Crippen LogP contribution is 2.34. The number of nitrogens with one attached hydrogen (secondary N) is 1. The van der Waals surface area contributed by atoms with E-state index in [9.17, 15) is 9.18 Å². The van der Waals surface area contributed by atoms with Crippen LogP contribution in [0.4, 0.5) is 15.8 Å². The summed E-state index contributed by atoms with van der Waals surface area (Å²) in [6.07, 6.45) is 1.69. The summed E-state index contributed by atoms with van der Waals surface area (Å²) in [7, 11) is 0. The SMILES string of the molecule is Cc1ccnc2sc(C(=O)Nc3ccc(F)cc3)c(N)c12. The number of hydrogen-bond donors (Lipinski definition) is 2. The van der Waals surface area contributed by atoms with Crippen LogP contribution in [0.25, 0.3) is 10.2 Å². The monoisotopic (exact) mass is 301 g/mol. The van der Waals surface area contributed by atoms with E-state index in [0.29, 0.717) is 16.3 Å². The lowest BCUT2D eigenvalue weighted by Gasteiger charge is -2.04. The van der Waals surface area contributed by atoms with Gasteiger partial charge in [-0.1, -0.05) is 0 Å². The minimum Gasteiger partial charge on any atom is -0.397 e. The Morgan fingerprint density at radius 3 is 2.67 bits per heavy atom. The number of anilines is 2. The molecule has 0 bridgehead atoms. The molecule has 4 nitrogen and oxygen atoms in total. The highest BCUT2D eigenvalue weighted by Gasteiger charge is 2.18. The van der Waals surface area contributed by atoms with Gasteiger partial charge in [-0.25, -0.2) is 9.37 Å². The van der Waals surface area contributed by atoms with Crippen molar-refractivity contribution < 1.29 is 9.18 Å². The summed E-state index contributed by atoms with van der Waals surface area (Å²) in [6.45, 7) is 1.93. The number of aryl methyl sites for hydroxylation is 1. The smallest absolute Gasteiger partial charge is 0.267 e. The molecule has 3 aromatic rings. The molecule has 3 N–H and O–H groups in total. The van der Waals surface area contributed by atoms with E-state index in [-0.39, 0.29) is 11.7 Å². The Morgan fingerprint density at radius 1 is 1.29 bits per heavy atom. The Balaban J connectivity index is 1.96. The summed E-state index contributed by atoms with van der Waals surface area (Å²) >= 11 is 1.25. The van der Waals surface area contributed by atoms with Crippen LogP contribution >= 0.6 is 11.3 Å². The van der Waals surface area contributed by atoms with Gasteiger partial charge in [0.05, 0.1) is 5.69 Å². The first-order valence-electron chi connectivity index (χ1n) is 6.27. The van der Waals surface area contributed by atoms with Crippen molar-refractivity contribution in [1.82, 2.24) is 4.98 Å². The first-order chi connectivity index (χ1) is 10.1. The zero-order valence-electron chi connectivity index (χ0n) is 11.2. The number of carbonyl (C=O) groups excluding carboxylic acids is 1. The lowest BCUT2D eigenvalue weighted by molar-refractivity contribution is 0.103. The predicted octanol–water partition coefficient (Wildman–Crippen LogP) is 3.58. The third-order valence-electron chi connectivity index (χ3n) is 3.15. The maximum absolute atomic E-state index is 12.9. The number of halogens is 1. The lowest BCUT2D eigenvalue weighted by atomic mass is 10.1. The predicted molar refractivity (Wildman–Crippen MR) is 83.1 cm³/mol. The lowest BCUT2D eigenvalue weighted by Crippen LogP contribution is -2.11. The fourth-order valence-corrected chi connectivity index (χ4v) is 3.13. The minimum absolute atomic E-state index is 0.318. The van der Waals surface area contributed by atoms with Gasteiger partial charge in [0.2, 0.25) is 0 Å². The zero-order chi connectivity index (χ0) is 15.0. The van der Waals surface area contributed by atoms with Crippen molar-refractivity contribution >= 4 is 38.8 Å². The van der Waals surface area contributed by atoms with Crippen LogP contribution in [-0.2, 0) is 0 Å².